The van der Waals surface area contributed by atoms with Crippen molar-refractivity contribution in [2.24, 2.45) is 0 Å². The Balaban J connectivity index is 0.000000198. The van der Waals surface area contributed by atoms with Crippen molar-refractivity contribution in [3.05, 3.63) is 218 Å². The largest absolute Gasteiger partial charge is 0.497 e. The summed E-state index contributed by atoms with van der Waals surface area (Å²) in [6, 6.07) is 47.6. The van der Waals surface area contributed by atoms with Gasteiger partial charge in [-0.2, -0.15) is 19.9 Å². The monoisotopic (exact) mass is 896 g/mol. The second-order valence-electron chi connectivity index (χ2n) is 15.6. The molecule has 2 aromatic heterocycles. The molecule has 11 nitrogen and oxygen atoms in total. The number of methoxy groups -OCH3 is 1. The van der Waals surface area contributed by atoms with Crippen molar-refractivity contribution in [3.63, 3.8) is 0 Å². The molecule has 334 valence electrons. The molecule has 0 amide bonds. The number of anilines is 4. The van der Waals surface area contributed by atoms with E-state index in [1.165, 1.54) is 22.3 Å². The number of carbonyl (C=O) groups is 1. The second kappa shape index (κ2) is 22.9. The third-order valence-corrected chi connectivity index (χ3v) is 11.0. The summed E-state index contributed by atoms with van der Waals surface area (Å²) in [5, 5.41) is 7.37. The van der Waals surface area contributed by atoms with Crippen molar-refractivity contribution in [3.8, 4) is 5.75 Å². The summed E-state index contributed by atoms with van der Waals surface area (Å²) in [4.78, 5) is 40.2. The summed E-state index contributed by atoms with van der Waals surface area (Å²) < 4.78 is 10.3. The number of aromatic nitrogens is 6. The van der Waals surface area contributed by atoms with Gasteiger partial charge in [0.1, 0.15) is 29.0 Å². The number of hydrogen-bond donors (Lipinski definition) is 2. The Bertz CT molecular complexity index is 2790. The van der Waals surface area contributed by atoms with Crippen molar-refractivity contribution in [2.75, 3.05) is 24.4 Å². The summed E-state index contributed by atoms with van der Waals surface area (Å²) in [5.74, 6) is 4.25. The minimum absolute atomic E-state index is 0.338. The molecule has 0 saturated heterocycles. The van der Waals surface area contributed by atoms with Crippen LogP contribution in [0.15, 0.2) is 146 Å². The molecule has 0 aliphatic rings. The number of hydrogen-bond acceptors (Lipinski definition) is 11. The molecule has 2 N–H and O–H groups in total. The highest BCUT2D eigenvalue weighted by Crippen LogP contribution is 2.23. The summed E-state index contributed by atoms with van der Waals surface area (Å²) in [6.45, 7) is 8.43. The van der Waals surface area contributed by atoms with E-state index < -0.39 is 0 Å². The average molecular weight is 898 g/mol. The molecule has 0 spiro atoms. The Labute approximate surface area is 391 Å². The lowest BCUT2D eigenvalue weighted by molar-refractivity contribution is 0.0526. The van der Waals surface area contributed by atoms with Crippen LogP contribution in [0.2, 0.25) is 5.02 Å². The molecule has 0 atom stereocenters. The lowest BCUT2D eigenvalue weighted by Crippen LogP contribution is -2.10. The van der Waals surface area contributed by atoms with E-state index in [1.54, 1.807) is 38.3 Å². The van der Waals surface area contributed by atoms with Gasteiger partial charge in [-0.1, -0.05) is 121 Å². The number of nitrogens with one attached hydrogen (secondary N) is 2. The fourth-order valence-electron chi connectivity index (χ4n) is 7.07. The smallest absolute Gasteiger partial charge is 0.338 e. The van der Waals surface area contributed by atoms with Gasteiger partial charge in [0.2, 0.25) is 11.9 Å². The van der Waals surface area contributed by atoms with Gasteiger partial charge in [-0.15, -0.1) is 0 Å². The fraction of sp³-hybridized carbons (Fsp3) is 0.204. The normalized spacial score (nSPS) is 10.7. The maximum absolute atomic E-state index is 11.9. The fourth-order valence-corrected chi connectivity index (χ4v) is 7.28. The van der Waals surface area contributed by atoms with Gasteiger partial charge < -0.3 is 20.1 Å². The number of nitrogens with zero attached hydrogens (tertiary/aromatic N) is 6. The molecule has 2 heterocycles. The van der Waals surface area contributed by atoms with Crippen LogP contribution in [0, 0.1) is 13.8 Å². The number of rotatable bonds is 16. The van der Waals surface area contributed by atoms with E-state index in [0.29, 0.717) is 72.2 Å². The van der Waals surface area contributed by atoms with Crippen molar-refractivity contribution >= 4 is 40.8 Å². The summed E-state index contributed by atoms with van der Waals surface area (Å²) in [6.07, 6.45) is 3.28. The Morgan fingerprint density at radius 1 is 0.545 bits per heavy atom. The van der Waals surface area contributed by atoms with E-state index in [4.69, 9.17) is 41.0 Å². The minimum Gasteiger partial charge on any atom is -0.497 e. The van der Waals surface area contributed by atoms with E-state index in [1.807, 2.05) is 72.8 Å². The molecular weight excluding hydrogens is 844 g/mol. The van der Waals surface area contributed by atoms with Crippen LogP contribution in [0.25, 0.3) is 0 Å². The highest BCUT2D eigenvalue weighted by atomic mass is 35.5. The molecule has 0 fully saturated rings. The molecule has 6 aromatic carbocycles. The summed E-state index contributed by atoms with van der Waals surface area (Å²) >= 11 is 6.39. The van der Waals surface area contributed by atoms with E-state index >= 15 is 0 Å². The van der Waals surface area contributed by atoms with Crippen LogP contribution < -0.4 is 15.4 Å². The Kier molecular flexibility index (Phi) is 16.1. The Hall–Kier alpha value is -7.50. The van der Waals surface area contributed by atoms with Gasteiger partial charge in [-0.3, -0.25) is 0 Å². The first-order valence-electron chi connectivity index (χ1n) is 22.0. The van der Waals surface area contributed by atoms with Crippen molar-refractivity contribution in [1.29, 1.82) is 0 Å². The number of para-hydroxylation sites is 1. The molecule has 0 saturated carbocycles. The van der Waals surface area contributed by atoms with E-state index in [-0.39, 0.29) is 5.97 Å². The van der Waals surface area contributed by atoms with Gasteiger partial charge in [-0.05, 0) is 109 Å². The summed E-state index contributed by atoms with van der Waals surface area (Å²) in [7, 11) is 1.65. The van der Waals surface area contributed by atoms with Crippen molar-refractivity contribution in [1.82, 2.24) is 29.9 Å². The first-order valence-corrected chi connectivity index (χ1v) is 22.4. The zero-order chi connectivity index (χ0) is 46.3. The number of benzene rings is 6. The number of halogens is 1. The molecular formula is C54H53ClN8O3. The molecule has 0 bridgehead atoms. The molecule has 0 unspecified atom stereocenters. The quantitative estimate of drug-likeness (QED) is 0.0897. The molecule has 8 aromatic rings. The Morgan fingerprint density at radius 2 is 1.06 bits per heavy atom. The van der Waals surface area contributed by atoms with Crippen LogP contribution in [-0.4, -0.2) is 49.6 Å². The lowest BCUT2D eigenvalue weighted by Gasteiger charge is -2.13. The number of ether oxygens (including phenoxy) is 2. The maximum atomic E-state index is 11.9. The second-order valence-corrected chi connectivity index (χ2v) is 16.0. The number of esters is 1. The van der Waals surface area contributed by atoms with Crippen molar-refractivity contribution < 1.29 is 14.3 Å². The number of carbonyl (C=O) groups excluding carboxylic acids is 1. The van der Waals surface area contributed by atoms with Crippen LogP contribution in [0.1, 0.15) is 86.4 Å². The maximum Gasteiger partial charge on any atom is 0.338 e. The molecule has 0 radical (unpaired) electrons. The van der Waals surface area contributed by atoms with Crippen LogP contribution >= 0.6 is 11.6 Å². The highest BCUT2D eigenvalue weighted by Gasteiger charge is 2.14. The predicted molar refractivity (Wildman–Crippen MR) is 262 cm³/mol. The van der Waals surface area contributed by atoms with Gasteiger partial charge in [-0.25, -0.2) is 14.8 Å². The minimum atomic E-state index is -0.346. The highest BCUT2D eigenvalue weighted by molar-refractivity contribution is 6.31. The SMILES string of the molecule is CCOC(=O)c1ccc(Nc2nc(Cc3ccc(C)cc3)nc(Cc3ccc(OC)cc3)n2)cc1.CCc1ccccc1Nc1nc(Cc2ccccc2C)nc(Cc2ccccc2Cl)n1. The van der Waals surface area contributed by atoms with E-state index in [9.17, 15) is 4.79 Å². The van der Waals surface area contributed by atoms with E-state index in [0.717, 1.165) is 46.1 Å². The Morgan fingerprint density at radius 3 is 1.64 bits per heavy atom. The van der Waals surface area contributed by atoms with Gasteiger partial charge in [0.25, 0.3) is 0 Å². The van der Waals surface area contributed by atoms with Gasteiger partial charge in [0.15, 0.2) is 0 Å². The third kappa shape index (κ3) is 13.3. The average Bonchev–Trinajstić information content (AvgIpc) is 3.32. The molecule has 66 heavy (non-hydrogen) atoms. The zero-order valence-corrected chi connectivity index (χ0v) is 38.6. The lowest BCUT2D eigenvalue weighted by atomic mass is 10.1. The van der Waals surface area contributed by atoms with Crippen LogP contribution in [0.4, 0.5) is 23.3 Å². The molecule has 0 aliphatic heterocycles. The molecule has 8 rings (SSSR count). The summed E-state index contributed by atoms with van der Waals surface area (Å²) in [5.41, 5.74) is 10.3. The standard InChI is InChI=1S/C28H28N4O3.C26H25ClN4/c1-4-35-27(33)22-11-13-23(14-12-22)29-28-31-25(17-20-7-5-19(2)6-8-20)30-26(32-28)18-21-9-15-24(34-3)16-10-21;1-3-19-11-7-9-15-23(19)28-26-30-24(16-20-12-5-4-10-18(20)2)29-25(31-26)17-21-13-6-8-14-22(21)27/h5-16H,4,17-18H2,1-3H3,(H,29,30,31,32);4-15H,3,16-17H2,1-2H3,(H,28,29,30,31). The van der Waals surface area contributed by atoms with Crippen LogP contribution in [-0.2, 0) is 36.8 Å². The van der Waals surface area contributed by atoms with Gasteiger partial charge in [0.05, 0.1) is 19.3 Å². The first kappa shape index (κ1) is 46.5. The number of aryl methyl sites for hydroxylation is 3. The topological polar surface area (TPSA) is 137 Å². The third-order valence-electron chi connectivity index (χ3n) is 10.7. The van der Waals surface area contributed by atoms with Crippen LogP contribution in [0.5, 0.6) is 5.75 Å². The van der Waals surface area contributed by atoms with Crippen LogP contribution in [0.3, 0.4) is 0 Å². The van der Waals surface area contributed by atoms with E-state index in [2.05, 4.69) is 89.9 Å². The molecule has 12 heteroatoms. The van der Waals surface area contributed by atoms with Gasteiger partial charge in [0, 0.05) is 42.1 Å². The first-order chi connectivity index (χ1) is 32.1. The predicted octanol–water partition coefficient (Wildman–Crippen LogP) is 11.6. The zero-order valence-electron chi connectivity index (χ0n) is 37.9. The molecule has 0 aliphatic carbocycles. The van der Waals surface area contributed by atoms with Gasteiger partial charge >= 0.3 is 5.97 Å². The van der Waals surface area contributed by atoms with Crippen molar-refractivity contribution in [2.45, 2.75) is 59.8 Å².